The van der Waals surface area contributed by atoms with E-state index in [1.54, 1.807) is 0 Å². The molecule has 0 aromatic heterocycles. The van der Waals surface area contributed by atoms with Crippen LogP contribution in [0.1, 0.15) is 206 Å². The van der Waals surface area contributed by atoms with E-state index in [0.717, 1.165) is 57.8 Å². The fourth-order valence-electron chi connectivity index (χ4n) is 6.05. The Morgan fingerprint density at radius 2 is 0.945 bits per heavy atom. The predicted molar refractivity (Wildman–Crippen MR) is 215 cm³/mol. The first-order valence-corrected chi connectivity index (χ1v) is 23.2. The molecule has 3 atom stereocenters. The molecule has 55 heavy (non-hydrogen) atoms. The summed E-state index contributed by atoms with van der Waals surface area (Å²) >= 11 is 0. The van der Waals surface area contributed by atoms with Gasteiger partial charge < -0.3 is 34.3 Å². The van der Waals surface area contributed by atoms with Crippen molar-refractivity contribution in [2.24, 2.45) is 5.73 Å². The minimum atomic E-state index is -4.96. The summed E-state index contributed by atoms with van der Waals surface area (Å²) in [5.74, 6) is -2.44. The summed E-state index contributed by atoms with van der Waals surface area (Å²) in [6.07, 6.45) is 36.8. The van der Waals surface area contributed by atoms with Gasteiger partial charge in [-0.3, -0.25) is 18.9 Å². The first kappa shape index (κ1) is 56.3. The molecule has 11 nitrogen and oxygen atoms in total. The molecular weight excluding hydrogens is 732 g/mol. The van der Waals surface area contributed by atoms with Gasteiger partial charge in [0.1, 0.15) is 12.6 Å². The molecule has 0 saturated carbocycles. The number of nitrogens with two attached hydrogens (primary N) is 1. The number of ether oxygens (including phenoxy) is 2. The third-order valence-electron chi connectivity index (χ3n) is 9.50. The Labute approximate surface area is 357 Å². The molecule has 0 saturated heterocycles. The van der Waals surface area contributed by atoms with E-state index < -0.39 is 51.1 Å². The molecule has 0 spiro atoms. The van der Waals surface area contributed by atoms with Gasteiger partial charge in [-0.1, -0.05) is 167 Å². The van der Waals surface area contributed by atoms with Gasteiger partial charge in [0.2, 0.25) is 0 Å². The van der Waals surface area contributed by atoms with Crippen LogP contribution in [0.15, 0.2) is 12.2 Å². The third-order valence-corrected chi connectivity index (χ3v) is 10.4. The maximum absolute atomic E-state index is 12.6. The monoisotopic (exact) mass is 812 g/mol. The number of carbonyl (C=O) groups excluding carboxylic acids is 2. The quantitative estimate of drug-likeness (QED) is 0.0204. The van der Waals surface area contributed by atoms with Crippen LogP contribution in [-0.2, 0) is 37.5 Å². The molecule has 0 amide bonds. The zero-order chi connectivity index (χ0) is 40.0. The van der Waals surface area contributed by atoms with Crippen molar-refractivity contribution in [1.82, 2.24) is 0 Å². The van der Waals surface area contributed by atoms with Crippen molar-refractivity contribution in [3.63, 3.8) is 0 Å². The number of esters is 2. The Morgan fingerprint density at radius 1 is 0.582 bits per heavy atom. The van der Waals surface area contributed by atoms with Crippen LogP contribution in [0, 0.1) is 0 Å². The van der Waals surface area contributed by atoms with E-state index in [1.165, 1.54) is 109 Å². The molecule has 0 aliphatic rings. The number of carboxylic acids is 1. The second-order valence-corrected chi connectivity index (χ2v) is 16.2. The molecule has 13 heteroatoms. The molecule has 0 bridgehead atoms. The summed E-state index contributed by atoms with van der Waals surface area (Å²) in [6, 6.07) is -1.56. The Kier molecular flexibility index (Phi) is 42.4. The molecule has 0 radical (unpaired) electrons. The Hall–Kier alpha value is -0.780. The largest absolute Gasteiger partial charge is 1.00 e. The van der Waals surface area contributed by atoms with Crippen molar-refractivity contribution in [3.8, 4) is 0 Å². The smallest absolute Gasteiger partial charge is 0.756 e. The van der Waals surface area contributed by atoms with Gasteiger partial charge in [-0.2, -0.15) is 0 Å². The fraction of sp³-hybridized carbons (Fsp3) is 0.881. The minimum Gasteiger partial charge on any atom is -0.756 e. The molecule has 0 aromatic carbocycles. The Balaban J connectivity index is 0. The summed E-state index contributed by atoms with van der Waals surface area (Å²) in [7, 11) is -4.96. The molecule has 0 rings (SSSR count). The minimum absolute atomic E-state index is 0. The molecule has 0 aliphatic heterocycles. The summed E-state index contributed by atoms with van der Waals surface area (Å²) in [4.78, 5) is 48.1. The van der Waals surface area contributed by atoms with E-state index in [1.807, 2.05) is 0 Å². The fourth-order valence-corrected chi connectivity index (χ4v) is 6.82. The number of unbranched alkanes of at least 4 members (excludes halogenated alkanes) is 25. The Bertz CT molecular complexity index is 986. The molecule has 0 heterocycles. The first-order chi connectivity index (χ1) is 26.1. The van der Waals surface area contributed by atoms with Gasteiger partial charge in [0, 0.05) is 12.8 Å². The van der Waals surface area contributed by atoms with Crippen LogP contribution in [0.25, 0.3) is 0 Å². The standard InChI is InChI=1S/C42H80NO10P.Na/c1-3-5-7-9-11-13-15-17-19-21-23-25-27-29-31-33-40(44)50-35-38(36-51-54(48,49)52-37-39(43)42(46)47)53-41(45)34-32-30-28-26-24-22-20-18-16-14-12-10-8-6-4-2;/h18,20,38-39H,3-17,19,21-37,43H2,1-2H3,(H,46,47)(H,48,49);/q;+1/p-1/b20-18-;/t38-,39+;/m1./s1. The van der Waals surface area contributed by atoms with Crippen molar-refractivity contribution in [2.75, 3.05) is 19.8 Å². The molecule has 3 N–H and O–H groups in total. The van der Waals surface area contributed by atoms with Crippen molar-refractivity contribution in [1.29, 1.82) is 0 Å². The van der Waals surface area contributed by atoms with E-state index >= 15 is 0 Å². The summed E-state index contributed by atoms with van der Waals surface area (Å²) < 4.78 is 32.3. The SMILES string of the molecule is CCCCCCCC/C=C\CCCCCCCC(=O)O[C@H](COC(=O)CCCCCCCCCCCCCCCCC)COP(=O)([O-])OC[C@H](N)C(=O)O.[Na+]. The molecule has 0 aromatic rings. The number of carbonyl (C=O) groups is 3. The molecule has 1 unspecified atom stereocenters. The van der Waals surface area contributed by atoms with Gasteiger partial charge in [-0.25, -0.2) is 0 Å². The zero-order valence-corrected chi connectivity index (χ0v) is 38.2. The maximum atomic E-state index is 12.6. The van der Waals surface area contributed by atoms with Gasteiger partial charge in [0.05, 0.1) is 13.2 Å². The van der Waals surface area contributed by atoms with Crippen LogP contribution >= 0.6 is 7.82 Å². The van der Waals surface area contributed by atoms with Crippen LogP contribution in [0.3, 0.4) is 0 Å². The normalized spacial score (nSPS) is 13.6. The average Bonchev–Trinajstić information content (AvgIpc) is 3.14. The molecule has 0 aliphatic carbocycles. The van der Waals surface area contributed by atoms with Crippen LogP contribution in [-0.4, -0.2) is 55.0 Å². The van der Waals surface area contributed by atoms with Gasteiger partial charge in [0.15, 0.2) is 6.10 Å². The number of carboxylic acid groups (broad SMARTS) is 1. The van der Waals surface area contributed by atoms with Crippen molar-refractivity contribution in [3.05, 3.63) is 12.2 Å². The van der Waals surface area contributed by atoms with Crippen LogP contribution in [0.5, 0.6) is 0 Å². The third kappa shape index (κ3) is 41.2. The van der Waals surface area contributed by atoms with Gasteiger partial charge in [0.25, 0.3) is 7.82 Å². The van der Waals surface area contributed by atoms with Crippen LogP contribution in [0.4, 0.5) is 0 Å². The van der Waals surface area contributed by atoms with E-state index in [4.69, 9.17) is 24.8 Å². The van der Waals surface area contributed by atoms with Crippen LogP contribution in [0.2, 0.25) is 0 Å². The zero-order valence-electron chi connectivity index (χ0n) is 35.3. The number of phosphoric ester groups is 1. The number of phosphoric acid groups is 1. The van der Waals surface area contributed by atoms with Gasteiger partial charge >= 0.3 is 47.5 Å². The molecule has 0 fully saturated rings. The molecule has 318 valence electrons. The van der Waals surface area contributed by atoms with E-state index in [2.05, 4.69) is 30.5 Å². The van der Waals surface area contributed by atoms with E-state index in [9.17, 15) is 23.8 Å². The number of hydrogen-bond donors (Lipinski definition) is 2. The number of allylic oxidation sites excluding steroid dienone is 2. The van der Waals surface area contributed by atoms with Crippen molar-refractivity contribution >= 4 is 25.7 Å². The van der Waals surface area contributed by atoms with E-state index in [-0.39, 0.29) is 49.0 Å². The number of hydrogen-bond acceptors (Lipinski definition) is 10. The number of aliphatic carboxylic acids is 1. The topological polar surface area (TPSA) is 175 Å². The van der Waals surface area contributed by atoms with Crippen LogP contribution < -0.4 is 40.2 Å². The number of rotatable bonds is 41. The summed E-state index contributed by atoms with van der Waals surface area (Å²) in [6.45, 7) is 2.65. The van der Waals surface area contributed by atoms with Gasteiger partial charge in [-0.15, -0.1) is 0 Å². The summed E-state index contributed by atoms with van der Waals surface area (Å²) in [5, 5.41) is 8.86. The van der Waals surface area contributed by atoms with E-state index in [0.29, 0.717) is 12.8 Å². The second-order valence-electron chi connectivity index (χ2n) is 14.8. The predicted octanol–water partition coefficient (Wildman–Crippen LogP) is 7.66. The molecular formula is C42H79NNaO10P. The maximum Gasteiger partial charge on any atom is 1.00 e. The first-order valence-electron chi connectivity index (χ1n) is 21.7. The van der Waals surface area contributed by atoms with Crippen molar-refractivity contribution in [2.45, 2.75) is 219 Å². The average molecular weight is 812 g/mol. The second kappa shape index (κ2) is 41.4. The Morgan fingerprint density at radius 3 is 1.36 bits per heavy atom. The van der Waals surface area contributed by atoms with Crippen molar-refractivity contribution < 1.29 is 77.0 Å². The summed E-state index contributed by atoms with van der Waals surface area (Å²) in [5.41, 5.74) is 5.30. The van der Waals surface area contributed by atoms with Gasteiger partial charge in [-0.05, 0) is 38.5 Å².